The van der Waals surface area contributed by atoms with Gasteiger partial charge in [-0.2, -0.15) is 0 Å². The van der Waals surface area contributed by atoms with Crippen molar-refractivity contribution in [1.82, 2.24) is 0 Å². The summed E-state index contributed by atoms with van der Waals surface area (Å²) in [5, 5.41) is 9.38. The molecule has 1 atom stereocenters. The molecule has 1 aromatic carbocycles. The average molecular weight is 185 g/mol. The van der Waals surface area contributed by atoms with Gasteiger partial charge in [-0.25, -0.2) is 4.39 Å². The fraction of sp³-hybridized carbons (Fsp3) is 0.333. The third kappa shape index (κ3) is 1.96. The van der Waals surface area contributed by atoms with Gasteiger partial charge in [0.05, 0.1) is 18.8 Å². The molecule has 4 heteroatoms. The molecule has 0 saturated heterocycles. The summed E-state index contributed by atoms with van der Waals surface area (Å²) < 4.78 is 18.1. The smallest absolute Gasteiger partial charge is 0.132 e. The van der Waals surface area contributed by atoms with Crippen molar-refractivity contribution in [2.75, 3.05) is 13.7 Å². The highest BCUT2D eigenvalue weighted by Crippen LogP contribution is 2.26. The Morgan fingerprint density at radius 1 is 1.62 bits per heavy atom. The van der Waals surface area contributed by atoms with Crippen molar-refractivity contribution in [2.24, 2.45) is 5.73 Å². The standard InChI is InChI=1S/C9H12FNO2/c1-13-8-4-2-3-6(10)9(8)7(12)5-11/h2-4,7,12H,5,11H2,1H3. The Balaban J connectivity index is 3.14. The second kappa shape index (κ2) is 4.20. The van der Waals surface area contributed by atoms with Gasteiger partial charge in [0.1, 0.15) is 11.6 Å². The van der Waals surface area contributed by atoms with E-state index in [0.717, 1.165) is 0 Å². The lowest BCUT2D eigenvalue weighted by Crippen LogP contribution is -2.14. The second-order valence-corrected chi connectivity index (χ2v) is 2.61. The third-order valence-electron chi connectivity index (χ3n) is 1.79. The van der Waals surface area contributed by atoms with Crippen LogP contribution in [-0.4, -0.2) is 18.8 Å². The second-order valence-electron chi connectivity index (χ2n) is 2.61. The van der Waals surface area contributed by atoms with Gasteiger partial charge in [-0.15, -0.1) is 0 Å². The first-order valence-electron chi connectivity index (χ1n) is 3.91. The molecule has 1 aromatic rings. The molecular weight excluding hydrogens is 173 g/mol. The Kier molecular flexibility index (Phi) is 3.22. The molecule has 1 rings (SSSR count). The maximum Gasteiger partial charge on any atom is 0.132 e. The molecule has 13 heavy (non-hydrogen) atoms. The van der Waals surface area contributed by atoms with Crippen LogP contribution in [0.4, 0.5) is 4.39 Å². The average Bonchev–Trinajstić information content (AvgIpc) is 2.16. The molecule has 0 radical (unpaired) electrons. The number of hydrogen-bond donors (Lipinski definition) is 2. The van der Waals surface area contributed by atoms with Crippen LogP contribution in [0.2, 0.25) is 0 Å². The van der Waals surface area contributed by atoms with E-state index >= 15 is 0 Å². The number of ether oxygens (including phenoxy) is 1. The van der Waals surface area contributed by atoms with Crippen molar-refractivity contribution in [2.45, 2.75) is 6.10 Å². The zero-order chi connectivity index (χ0) is 9.84. The van der Waals surface area contributed by atoms with Gasteiger partial charge >= 0.3 is 0 Å². The van der Waals surface area contributed by atoms with Crippen LogP contribution in [0.15, 0.2) is 18.2 Å². The quantitative estimate of drug-likeness (QED) is 0.733. The minimum Gasteiger partial charge on any atom is -0.496 e. The maximum atomic E-state index is 13.2. The van der Waals surface area contributed by atoms with Crippen LogP contribution in [0, 0.1) is 5.82 Å². The molecule has 3 nitrogen and oxygen atoms in total. The first-order chi connectivity index (χ1) is 6.20. The highest BCUT2D eigenvalue weighted by atomic mass is 19.1. The van der Waals surface area contributed by atoms with Gasteiger partial charge in [0.2, 0.25) is 0 Å². The van der Waals surface area contributed by atoms with E-state index in [2.05, 4.69) is 0 Å². The Morgan fingerprint density at radius 3 is 2.85 bits per heavy atom. The Labute approximate surface area is 75.9 Å². The number of nitrogens with two attached hydrogens (primary N) is 1. The number of methoxy groups -OCH3 is 1. The molecule has 0 aliphatic heterocycles. The number of rotatable bonds is 3. The highest BCUT2D eigenvalue weighted by molar-refractivity contribution is 5.36. The molecule has 0 heterocycles. The molecule has 0 spiro atoms. The van der Waals surface area contributed by atoms with Crippen LogP contribution in [0.3, 0.4) is 0 Å². The molecule has 3 N–H and O–H groups in total. The van der Waals surface area contributed by atoms with Crippen LogP contribution >= 0.6 is 0 Å². The number of benzene rings is 1. The van der Waals surface area contributed by atoms with Crippen LogP contribution in [0.5, 0.6) is 5.75 Å². The van der Waals surface area contributed by atoms with Gasteiger partial charge in [-0.05, 0) is 12.1 Å². The molecule has 72 valence electrons. The molecular formula is C9H12FNO2. The van der Waals surface area contributed by atoms with Gasteiger partial charge in [0.15, 0.2) is 0 Å². The Hall–Kier alpha value is -1.13. The van der Waals surface area contributed by atoms with E-state index in [-0.39, 0.29) is 12.1 Å². The first-order valence-corrected chi connectivity index (χ1v) is 3.91. The summed E-state index contributed by atoms with van der Waals surface area (Å²) in [5.41, 5.74) is 5.34. The van der Waals surface area contributed by atoms with Crippen molar-refractivity contribution in [3.05, 3.63) is 29.6 Å². The summed E-state index contributed by atoms with van der Waals surface area (Å²) in [6.07, 6.45) is -1.02. The summed E-state index contributed by atoms with van der Waals surface area (Å²) in [6, 6.07) is 4.36. The molecule has 0 aliphatic carbocycles. The summed E-state index contributed by atoms with van der Waals surface area (Å²) in [6.45, 7) is -0.0305. The number of hydrogen-bond acceptors (Lipinski definition) is 3. The van der Waals surface area contributed by atoms with E-state index in [9.17, 15) is 9.50 Å². The monoisotopic (exact) mass is 185 g/mol. The van der Waals surface area contributed by atoms with Gasteiger partial charge in [0.25, 0.3) is 0 Å². The van der Waals surface area contributed by atoms with E-state index in [1.807, 2.05) is 0 Å². The van der Waals surface area contributed by atoms with E-state index in [0.29, 0.717) is 5.75 Å². The minimum atomic E-state index is -1.02. The summed E-state index contributed by atoms with van der Waals surface area (Å²) in [7, 11) is 1.42. The lowest BCUT2D eigenvalue weighted by atomic mass is 10.1. The molecule has 0 amide bonds. The maximum absolute atomic E-state index is 13.2. The fourth-order valence-corrected chi connectivity index (χ4v) is 1.14. The van der Waals surface area contributed by atoms with E-state index in [4.69, 9.17) is 10.5 Å². The summed E-state index contributed by atoms with van der Waals surface area (Å²) in [5.74, 6) is -0.185. The first kappa shape index (κ1) is 9.95. The minimum absolute atomic E-state index is 0.0305. The zero-order valence-electron chi connectivity index (χ0n) is 7.33. The van der Waals surface area contributed by atoms with Gasteiger partial charge in [-0.3, -0.25) is 0 Å². The van der Waals surface area contributed by atoms with Gasteiger partial charge in [0, 0.05) is 6.54 Å². The van der Waals surface area contributed by atoms with Crippen LogP contribution < -0.4 is 10.5 Å². The van der Waals surface area contributed by atoms with E-state index in [1.165, 1.54) is 19.2 Å². The van der Waals surface area contributed by atoms with Crippen molar-refractivity contribution < 1.29 is 14.2 Å². The van der Waals surface area contributed by atoms with E-state index < -0.39 is 11.9 Å². The van der Waals surface area contributed by atoms with Crippen LogP contribution in [-0.2, 0) is 0 Å². The fourth-order valence-electron chi connectivity index (χ4n) is 1.14. The predicted molar refractivity (Wildman–Crippen MR) is 47.0 cm³/mol. The van der Waals surface area contributed by atoms with Crippen molar-refractivity contribution in [3.63, 3.8) is 0 Å². The zero-order valence-corrected chi connectivity index (χ0v) is 7.33. The van der Waals surface area contributed by atoms with Gasteiger partial charge < -0.3 is 15.6 Å². The van der Waals surface area contributed by atoms with E-state index in [1.54, 1.807) is 6.07 Å². The van der Waals surface area contributed by atoms with Crippen LogP contribution in [0.25, 0.3) is 0 Å². The Morgan fingerprint density at radius 2 is 2.31 bits per heavy atom. The van der Waals surface area contributed by atoms with Crippen molar-refractivity contribution >= 4 is 0 Å². The van der Waals surface area contributed by atoms with Crippen molar-refractivity contribution in [3.8, 4) is 5.75 Å². The van der Waals surface area contributed by atoms with Crippen molar-refractivity contribution in [1.29, 1.82) is 0 Å². The summed E-state index contributed by atoms with van der Waals surface area (Å²) in [4.78, 5) is 0. The topological polar surface area (TPSA) is 55.5 Å². The lowest BCUT2D eigenvalue weighted by molar-refractivity contribution is 0.177. The Bertz CT molecular complexity index is 291. The largest absolute Gasteiger partial charge is 0.496 e. The molecule has 0 aromatic heterocycles. The third-order valence-corrected chi connectivity index (χ3v) is 1.79. The van der Waals surface area contributed by atoms with Gasteiger partial charge in [-0.1, -0.05) is 6.07 Å². The van der Waals surface area contributed by atoms with Crippen LogP contribution in [0.1, 0.15) is 11.7 Å². The highest BCUT2D eigenvalue weighted by Gasteiger charge is 2.16. The number of halogens is 1. The molecule has 1 unspecified atom stereocenters. The molecule has 0 aliphatic rings. The molecule has 0 saturated carbocycles. The number of aliphatic hydroxyl groups is 1. The lowest BCUT2D eigenvalue weighted by Gasteiger charge is -2.13. The SMILES string of the molecule is COc1cccc(F)c1C(O)CN. The number of aliphatic hydroxyl groups excluding tert-OH is 1. The molecule has 0 bridgehead atoms. The predicted octanol–water partition coefficient (Wildman–Crippen LogP) is 0.826. The normalized spacial score (nSPS) is 12.6. The molecule has 0 fully saturated rings. The summed E-state index contributed by atoms with van der Waals surface area (Å²) >= 11 is 0.